The molecular weight excluding hydrogens is 231 g/mol. The Hall–Kier alpha value is -1.04. The summed E-state index contributed by atoms with van der Waals surface area (Å²) in [7, 11) is -1.49. The van der Waals surface area contributed by atoms with Gasteiger partial charge in [0.1, 0.15) is 5.75 Å². The molecule has 1 fully saturated rings. The molecule has 0 bridgehead atoms. The molecule has 0 spiro atoms. The lowest BCUT2D eigenvalue weighted by Crippen LogP contribution is -2.32. The maximum atomic E-state index is 9.32. The van der Waals surface area contributed by atoms with Gasteiger partial charge in [-0.2, -0.15) is 0 Å². The van der Waals surface area contributed by atoms with Gasteiger partial charge in [0.05, 0.1) is 6.61 Å². The highest BCUT2D eigenvalue weighted by Gasteiger charge is 2.19. The highest BCUT2D eigenvalue weighted by Crippen LogP contribution is 2.17. The summed E-state index contributed by atoms with van der Waals surface area (Å²) in [5, 5.41) is 18.6. The molecule has 1 heterocycles. The van der Waals surface area contributed by atoms with E-state index in [0.717, 1.165) is 31.6 Å². The normalized spacial score (nSPS) is 16.6. The maximum Gasteiger partial charge on any atom is 0.492 e. The summed E-state index contributed by atoms with van der Waals surface area (Å²) in [6.07, 6.45) is 2.01. The van der Waals surface area contributed by atoms with E-state index in [1.165, 1.54) is 0 Å². The number of rotatable bonds is 4. The molecule has 1 aliphatic rings. The van der Waals surface area contributed by atoms with Gasteiger partial charge in [-0.05, 0) is 31.7 Å². The second kappa shape index (κ2) is 6.23. The Morgan fingerprint density at radius 2 is 2.06 bits per heavy atom. The zero-order valence-electron chi connectivity index (χ0n) is 10.6. The average Bonchev–Trinajstić information content (AvgIpc) is 2.38. The minimum absolute atomic E-state index is 0.432. The Labute approximate surface area is 108 Å². The van der Waals surface area contributed by atoms with Crippen molar-refractivity contribution in [2.24, 2.45) is 5.92 Å². The smallest absolute Gasteiger partial charge is 0.492 e. The first-order chi connectivity index (χ1) is 8.66. The highest BCUT2D eigenvalue weighted by molar-refractivity contribution is 6.59. The van der Waals surface area contributed by atoms with Crippen LogP contribution in [0.4, 0.5) is 0 Å². The van der Waals surface area contributed by atoms with E-state index >= 15 is 0 Å². The molecule has 4 nitrogen and oxygen atoms in total. The third kappa shape index (κ3) is 3.48. The third-order valence-electron chi connectivity index (χ3n) is 3.26. The van der Waals surface area contributed by atoms with Crippen LogP contribution in [-0.2, 0) is 4.74 Å². The molecule has 1 aliphatic heterocycles. The Morgan fingerprint density at radius 1 is 1.33 bits per heavy atom. The third-order valence-corrected chi connectivity index (χ3v) is 3.26. The van der Waals surface area contributed by atoms with Gasteiger partial charge >= 0.3 is 7.12 Å². The van der Waals surface area contributed by atoms with Crippen LogP contribution in [0.5, 0.6) is 5.75 Å². The fraction of sp³-hybridized carbons (Fsp3) is 0.538. The summed E-state index contributed by atoms with van der Waals surface area (Å²) in [4.78, 5) is 0. The maximum absolute atomic E-state index is 9.32. The highest BCUT2D eigenvalue weighted by atomic mass is 16.5. The molecule has 0 saturated carbocycles. The first-order valence-electron chi connectivity index (χ1n) is 6.34. The van der Waals surface area contributed by atoms with Gasteiger partial charge in [0.2, 0.25) is 0 Å². The molecule has 1 aromatic rings. The minimum atomic E-state index is -1.49. The van der Waals surface area contributed by atoms with E-state index < -0.39 is 7.12 Å². The second-order valence-corrected chi connectivity index (χ2v) is 4.78. The number of ether oxygens (including phenoxy) is 2. The molecule has 18 heavy (non-hydrogen) atoms. The van der Waals surface area contributed by atoms with Gasteiger partial charge in [0.25, 0.3) is 0 Å². The molecule has 0 aliphatic carbocycles. The largest absolute Gasteiger partial charge is 0.494 e. The summed E-state index contributed by atoms with van der Waals surface area (Å²) in [5.74, 6) is 1.05. The van der Waals surface area contributed by atoms with Crippen molar-refractivity contribution in [3.63, 3.8) is 0 Å². The van der Waals surface area contributed by atoms with Crippen LogP contribution in [0.15, 0.2) is 18.2 Å². The zero-order chi connectivity index (χ0) is 13.0. The predicted octanol–water partition coefficient (Wildman–Crippen LogP) is 0.480. The van der Waals surface area contributed by atoms with Crippen molar-refractivity contribution in [2.45, 2.75) is 19.8 Å². The lowest BCUT2D eigenvalue weighted by atomic mass is 9.79. The molecule has 0 unspecified atom stereocenters. The van der Waals surface area contributed by atoms with Gasteiger partial charge in [-0.3, -0.25) is 0 Å². The SMILES string of the molecule is Cc1ccc(OCC2CCOCC2)c(B(O)O)c1. The van der Waals surface area contributed by atoms with Crippen LogP contribution in [0.1, 0.15) is 18.4 Å². The molecular formula is C13H19BO4. The van der Waals surface area contributed by atoms with Gasteiger partial charge in [0, 0.05) is 18.7 Å². The van der Waals surface area contributed by atoms with Crippen molar-refractivity contribution in [1.82, 2.24) is 0 Å². The van der Waals surface area contributed by atoms with E-state index in [2.05, 4.69) is 0 Å². The lowest BCUT2D eigenvalue weighted by molar-refractivity contribution is 0.0499. The fourth-order valence-corrected chi connectivity index (χ4v) is 2.12. The number of hydrogen-bond acceptors (Lipinski definition) is 4. The standard InChI is InChI=1S/C13H19BO4/c1-10-2-3-13(12(8-10)14(15)16)18-9-11-4-6-17-7-5-11/h2-3,8,11,15-16H,4-7,9H2,1H3. The van der Waals surface area contributed by atoms with E-state index in [9.17, 15) is 10.0 Å². The van der Waals surface area contributed by atoms with E-state index in [-0.39, 0.29) is 0 Å². The number of aryl methyl sites for hydroxylation is 1. The van der Waals surface area contributed by atoms with E-state index in [4.69, 9.17) is 9.47 Å². The summed E-state index contributed by atoms with van der Waals surface area (Å²) in [5.41, 5.74) is 1.42. The van der Waals surface area contributed by atoms with Crippen LogP contribution in [-0.4, -0.2) is 37.0 Å². The van der Waals surface area contributed by atoms with Gasteiger partial charge in [-0.25, -0.2) is 0 Å². The van der Waals surface area contributed by atoms with E-state index in [0.29, 0.717) is 23.7 Å². The Morgan fingerprint density at radius 3 is 2.72 bits per heavy atom. The van der Waals surface area contributed by atoms with Crippen molar-refractivity contribution in [2.75, 3.05) is 19.8 Å². The predicted molar refractivity (Wildman–Crippen MR) is 70.0 cm³/mol. The van der Waals surface area contributed by atoms with Crippen molar-refractivity contribution in [3.8, 4) is 5.75 Å². The first-order valence-corrected chi connectivity index (χ1v) is 6.34. The molecule has 0 amide bonds. The topological polar surface area (TPSA) is 58.9 Å². The second-order valence-electron chi connectivity index (χ2n) is 4.78. The van der Waals surface area contributed by atoms with Gasteiger partial charge < -0.3 is 19.5 Å². The fourth-order valence-electron chi connectivity index (χ4n) is 2.12. The van der Waals surface area contributed by atoms with Crippen LogP contribution < -0.4 is 10.2 Å². The molecule has 5 heteroatoms. The average molecular weight is 250 g/mol. The zero-order valence-corrected chi connectivity index (χ0v) is 10.6. The summed E-state index contributed by atoms with van der Waals surface area (Å²) >= 11 is 0. The van der Waals surface area contributed by atoms with Crippen LogP contribution in [0.2, 0.25) is 0 Å². The van der Waals surface area contributed by atoms with Crippen molar-refractivity contribution < 1.29 is 19.5 Å². The monoisotopic (exact) mass is 250 g/mol. The summed E-state index contributed by atoms with van der Waals surface area (Å²) < 4.78 is 11.0. The van der Waals surface area contributed by atoms with E-state index in [1.54, 1.807) is 12.1 Å². The van der Waals surface area contributed by atoms with Crippen molar-refractivity contribution in [1.29, 1.82) is 0 Å². The molecule has 2 N–H and O–H groups in total. The van der Waals surface area contributed by atoms with Crippen LogP contribution in [0.25, 0.3) is 0 Å². The number of hydrogen-bond donors (Lipinski definition) is 2. The number of benzene rings is 1. The van der Waals surface area contributed by atoms with Crippen molar-refractivity contribution >= 4 is 12.6 Å². The van der Waals surface area contributed by atoms with Crippen molar-refractivity contribution in [3.05, 3.63) is 23.8 Å². The Balaban J connectivity index is 1.99. The first kappa shape index (κ1) is 13.4. The van der Waals surface area contributed by atoms with Gasteiger partial charge in [0.15, 0.2) is 0 Å². The molecule has 98 valence electrons. The van der Waals surface area contributed by atoms with Crippen LogP contribution in [0.3, 0.4) is 0 Å². The molecule has 0 atom stereocenters. The lowest BCUT2D eigenvalue weighted by Gasteiger charge is -2.22. The summed E-state index contributed by atoms with van der Waals surface area (Å²) in [6.45, 7) is 4.09. The summed E-state index contributed by atoms with van der Waals surface area (Å²) in [6, 6.07) is 5.44. The van der Waals surface area contributed by atoms with Gasteiger partial charge in [-0.1, -0.05) is 17.7 Å². The minimum Gasteiger partial charge on any atom is -0.494 e. The Bertz CT molecular complexity index is 389. The van der Waals surface area contributed by atoms with Crippen LogP contribution in [0, 0.1) is 12.8 Å². The van der Waals surface area contributed by atoms with Crippen LogP contribution >= 0.6 is 0 Å². The van der Waals surface area contributed by atoms with E-state index in [1.807, 2.05) is 13.0 Å². The Kier molecular flexibility index (Phi) is 4.63. The molecule has 1 saturated heterocycles. The molecule has 2 rings (SSSR count). The molecule has 0 aromatic heterocycles. The quantitative estimate of drug-likeness (QED) is 0.763. The van der Waals surface area contributed by atoms with Gasteiger partial charge in [-0.15, -0.1) is 0 Å². The molecule has 1 aromatic carbocycles. The molecule has 0 radical (unpaired) electrons.